The monoisotopic (exact) mass is 288 g/mol. The summed E-state index contributed by atoms with van der Waals surface area (Å²) in [5.74, 6) is -0.408. The van der Waals surface area contributed by atoms with E-state index in [1.165, 1.54) is 18.2 Å². The summed E-state index contributed by atoms with van der Waals surface area (Å²) in [5.41, 5.74) is -0.694. The van der Waals surface area contributed by atoms with E-state index in [0.717, 1.165) is 6.07 Å². The van der Waals surface area contributed by atoms with Gasteiger partial charge < -0.3 is 15.4 Å². The van der Waals surface area contributed by atoms with Crippen LogP contribution in [0, 0.1) is 0 Å². The largest absolute Gasteiger partial charge is 0.416 e. The fourth-order valence-electron chi connectivity index (χ4n) is 1.98. The highest BCUT2D eigenvalue weighted by atomic mass is 19.4. The minimum atomic E-state index is -4.43. The first-order valence-electron chi connectivity index (χ1n) is 6.23. The molecular weight excluding hydrogens is 273 g/mol. The molecule has 20 heavy (non-hydrogen) atoms. The van der Waals surface area contributed by atoms with Crippen molar-refractivity contribution in [3.63, 3.8) is 0 Å². The fourth-order valence-corrected chi connectivity index (χ4v) is 1.98. The van der Waals surface area contributed by atoms with E-state index in [-0.39, 0.29) is 12.1 Å². The minimum absolute atomic E-state index is 0.0390. The summed E-state index contributed by atoms with van der Waals surface area (Å²) in [6, 6.07) is 5.18. The molecule has 1 aliphatic heterocycles. The number of nitrogens with one attached hydrogen (secondary N) is 2. The Balaban J connectivity index is 1.98. The minimum Gasteiger partial charge on any atom is -0.366 e. The summed E-state index contributed by atoms with van der Waals surface area (Å²) in [7, 11) is 0. The zero-order chi connectivity index (χ0) is 14.6. The van der Waals surface area contributed by atoms with Crippen LogP contribution in [0.25, 0.3) is 0 Å². The van der Waals surface area contributed by atoms with Gasteiger partial charge in [-0.2, -0.15) is 13.2 Å². The molecule has 1 fully saturated rings. The highest BCUT2D eigenvalue weighted by Crippen LogP contribution is 2.31. The lowest BCUT2D eigenvalue weighted by atomic mass is 10.1. The molecule has 1 aromatic carbocycles. The summed E-state index contributed by atoms with van der Waals surface area (Å²) in [4.78, 5) is 11.8. The third kappa shape index (κ3) is 3.71. The third-order valence-electron chi connectivity index (χ3n) is 3.00. The van der Waals surface area contributed by atoms with Gasteiger partial charge in [-0.25, -0.2) is 0 Å². The normalized spacial score (nSPS) is 19.6. The number of morpholine rings is 1. The average molecular weight is 288 g/mol. The molecule has 2 rings (SSSR count). The van der Waals surface area contributed by atoms with Crippen molar-refractivity contribution < 1.29 is 22.7 Å². The average Bonchev–Trinajstić information content (AvgIpc) is 2.45. The topological polar surface area (TPSA) is 50.4 Å². The maximum absolute atomic E-state index is 12.8. The number of halogens is 3. The zero-order valence-electron chi connectivity index (χ0n) is 10.7. The van der Waals surface area contributed by atoms with Gasteiger partial charge in [-0.1, -0.05) is 18.2 Å². The Labute approximate surface area is 114 Å². The van der Waals surface area contributed by atoms with E-state index < -0.39 is 23.8 Å². The standard InChI is InChI=1S/C13H15F3N2O2/c14-13(15,16)10-4-2-1-3-9(10)7-18-12(19)11-8-17-5-6-20-11/h1-4,11,17H,5-8H2,(H,18,19). The lowest BCUT2D eigenvalue weighted by Crippen LogP contribution is -2.47. The Bertz CT molecular complexity index is 471. The van der Waals surface area contributed by atoms with E-state index in [0.29, 0.717) is 19.7 Å². The molecule has 0 aromatic heterocycles. The second kappa shape index (κ2) is 6.23. The van der Waals surface area contributed by atoms with Crippen molar-refractivity contribution >= 4 is 5.91 Å². The molecule has 1 saturated heterocycles. The predicted molar refractivity (Wildman–Crippen MR) is 65.9 cm³/mol. The Morgan fingerprint density at radius 2 is 2.15 bits per heavy atom. The SMILES string of the molecule is O=C(NCc1ccccc1C(F)(F)F)C1CNCCO1. The number of ether oxygens (including phenoxy) is 1. The maximum Gasteiger partial charge on any atom is 0.416 e. The Kier molecular flexibility index (Phi) is 4.61. The van der Waals surface area contributed by atoms with Gasteiger partial charge in [0.05, 0.1) is 12.2 Å². The van der Waals surface area contributed by atoms with Gasteiger partial charge in [-0.3, -0.25) is 4.79 Å². The molecule has 0 radical (unpaired) electrons. The van der Waals surface area contributed by atoms with Crippen LogP contribution in [-0.2, 0) is 22.3 Å². The number of carbonyl (C=O) groups is 1. The van der Waals surface area contributed by atoms with Gasteiger partial charge in [0, 0.05) is 19.6 Å². The first kappa shape index (κ1) is 14.8. The van der Waals surface area contributed by atoms with E-state index >= 15 is 0 Å². The van der Waals surface area contributed by atoms with Gasteiger partial charge in [-0.05, 0) is 11.6 Å². The van der Waals surface area contributed by atoms with Crippen molar-refractivity contribution in [3.05, 3.63) is 35.4 Å². The number of rotatable bonds is 3. The van der Waals surface area contributed by atoms with Crippen molar-refractivity contribution in [2.45, 2.75) is 18.8 Å². The van der Waals surface area contributed by atoms with Crippen molar-refractivity contribution in [3.8, 4) is 0 Å². The molecule has 7 heteroatoms. The van der Waals surface area contributed by atoms with E-state index in [1.807, 2.05) is 0 Å². The van der Waals surface area contributed by atoms with Crippen molar-refractivity contribution in [1.29, 1.82) is 0 Å². The van der Waals surface area contributed by atoms with Crippen LogP contribution in [0.3, 0.4) is 0 Å². The molecule has 1 heterocycles. The second-order valence-electron chi connectivity index (χ2n) is 4.44. The van der Waals surface area contributed by atoms with Gasteiger partial charge in [-0.15, -0.1) is 0 Å². The van der Waals surface area contributed by atoms with E-state index in [1.54, 1.807) is 0 Å². The molecule has 0 spiro atoms. The highest BCUT2D eigenvalue weighted by molar-refractivity contribution is 5.81. The highest BCUT2D eigenvalue weighted by Gasteiger charge is 2.33. The summed E-state index contributed by atoms with van der Waals surface area (Å²) in [5, 5.41) is 5.46. The van der Waals surface area contributed by atoms with Gasteiger partial charge >= 0.3 is 6.18 Å². The fraction of sp³-hybridized carbons (Fsp3) is 0.462. The van der Waals surface area contributed by atoms with Gasteiger partial charge in [0.15, 0.2) is 0 Å². The molecule has 1 aliphatic rings. The molecule has 110 valence electrons. The molecule has 0 aliphatic carbocycles. The van der Waals surface area contributed by atoms with Crippen LogP contribution < -0.4 is 10.6 Å². The number of benzene rings is 1. The van der Waals surface area contributed by atoms with E-state index in [2.05, 4.69) is 10.6 Å². The van der Waals surface area contributed by atoms with Crippen LogP contribution in [0.2, 0.25) is 0 Å². The quantitative estimate of drug-likeness (QED) is 0.881. The molecule has 0 saturated carbocycles. The van der Waals surface area contributed by atoms with Crippen LogP contribution in [0.1, 0.15) is 11.1 Å². The number of carbonyl (C=O) groups excluding carboxylic acids is 1. The molecule has 1 atom stereocenters. The number of alkyl halides is 3. The number of hydrogen-bond donors (Lipinski definition) is 2. The molecule has 1 amide bonds. The van der Waals surface area contributed by atoms with Crippen molar-refractivity contribution in [2.75, 3.05) is 19.7 Å². The first-order valence-corrected chi connectivity index (χ1v) is 6.23. The van der Waals surface area contributed by atoms with Crippen LogP contribution in [0.4, 0.5) is 13.2 Å². The van der Waals surface area contributed by atoms with Gasteiger partial charge in [0.2, 0.25) is 0 Å². The van der Waals surface area contributed by atoms with Crippen LogP contribution in [0.5, 0.6) is 0 Å². The third-order valence-corrected chi connectivity index (χ3v) is 3.00. The zero-order valence-corrected chi connectivity index (χ0v) is 10.7. The summed E-state index contributed by atoms with van der Waals surface area (Å²) >= 11 is 0. The van der Waals surface area contributed by atoms with Crippen LogP contribution in [0.15, 0.2) is 24.3 Å². The van der Waals surface area contributed by atoms with Crippen molar-refractivity contribution in [1.82, 2.24) is 10.6 Å². The van der Waals surface area contributed by atoms with E-state index in [9.17, 15) is 18.0 Å². The van der Waals surface area contributed by atoms with Crippen molar-refractivity contribution in [2.24, 2.45) is 0 Å². The predicted octanol–water partition coefficient (Wildman–Crippen LogP) is 1.31. The summed E-state index contributed by atoms with van der Waals surface area (Å²) in [6.07, 6.45) is -5.08. The molecule has 4 nitrogen and oxygen atoms in total. The van der Waals surface area contributed by atoms with Gasteiger partial charge in [0.25, 0.3) is 5.91 Å². The summed E-state index contributed by atoms with van der Waals surface area (Å²) in [6.45, 7) is 1.28. The van der Waals surface area contributed by atoms with Gasteiger partial charge in [0.1, 0.15) is 6.10 Å². The lowest BCUT2D eigenvalue weighted by Gasteiger charge is -2.23. The molecule has 2 N–H and O–H groups in total. The Hall–Kier alpha value is -1.60. The number of amides is 1. The smallest absolute Gasteiger partial charge is 0.366 e. The molecule has 0 bridgehead atoms. The van der Waals surface area contributed by atoms with Crippen LogP contribution >= 0.6 is 0 Å². The maximum atomic E-state index is 12.8. The first-order chi connectivity index (χ1) is 9.48. The Morgan fingerprint density at radius 1 is 1.40 bits per heavy atom. The molecular formula is C13H15F3N2O2. The summed E-state index contributed by atoms with van der Waals surface area (Å²) < 4.78 is 43.6. The molecule has 1 aromatic rings. The Morgan fingerprint density at radius 3 is 2.80 bits per heavy atom. The lowest BCUT2D eigenvalue weighted by molar-refractivity contribution is -0.139. The van der Waals surface area contributed by atoms with Crippen LogP contribution in [-0.4, -0.2) is 31.7 Å². The number of hydrogen-bond acceptors (Lipinski definition) is 3. The molecule has 1 unspecified atom stereocenters. The van der Waals surface area contributed by atoms with E-state index in [4.69, 9.17) is 4.74 Å². The second-order valence-corrected chi connectivity index (χ2v) is 4.44.